The van der Waals surface area contributed by atoms with Crippen LogP contribution in [0.2, 0.25) is 0 Å². The van der Waals surface area contributed by atoms with Crippen LogP contribution in [-0.4, -0.2) is 38.8 Å². The number of aryl methyl sites for hydroxylation is 1. The van der Waals surface area contributed by atoms with Crippen LogP contribution in [0.15, 0.2) is 29.2 Å². The van der Waals surface area contributed by atoms with Crippen LogP contribution in [0, 0.1) is 24.7 Å². The van der Waals surface area contributed by atoms with Gasteiger partial charge in [0.1, 0.15) is 0 Å². The number of benzene rings is 1. The van der Waals surface area contributed by atoms with Crippen molar-refractivity contribution in [1.29, 1.82) is 0 Å². The summed E-state index contributed by atoms with van der Waals surface area (Å²) in [4.78, 5) is 11.7. The van der Waals surface area contributed by atoms with Crippen molar-refractivity contribution in [1.82, 2.24) is 0 Å². The molecule has 3 rings (SSSR count). The van der Waals surface area contributed by atoms with Gasteiger partial charge in [0.2, 0.25) is 0 Å². The molecule has 120 valence electrons. The molecule has 0 radical (unpaired) electrons. The average molecular weight is 326 g/mol. The largest absolute Gasteiger partial charge is 0.469 e. The Morgan fingerprint density at radius 2 is 1.86 bits per heavy atom. The molecule has 2 saturated carbocycles. The second-order valence-electron chi connectivity index (χ2n) is 5.91. The van der Waals surface area contributed by atoms with Crippen LogP contribution in [0.3, 0.4) is 0 Å². The molecular weight excluding hydrogens is 308 g/mol. The summed E-state index contributed by atoms with van der Waals surface area (Å²) in [6.07, 6.45) is -1.20. The maximum Gasteiger partial charge on any atom is 0.309 e. The molecule has 22 heavy (non-hydrogen) atoms. The molecule has 1 N–H and O–H groups in total. The minimum atomic E-state index is -3.91. The Morgan fingerprint density at radius 1 is 1.23 bits per heavy atom. The van der Waals surface area contributed by atoms with Crippen LogP contribution in [0.25, 0.3) is 0 Å². The van der Waals surface area contributed by atoms with E-state index in [-0.39, 0.29) is 23.2 Å². The molecule has 0 amide bonds. The Labute approximate surface area is 129 Å². The van der Waals surface area contributed by atoms with Crippen LogP contribution >= 0.6 is 0 Å². The Morgan fingerprint density at radius 3 is 2.45 bits per heavy atom. The van der Waals surface area contributed by atoms with Gasteiger partial charge in [-0.3, -0.25) is 8.98 Å². The van der Waals surface area contributed by atoms with Gasteiger partial charge in [-0.2, -0.15) is 8.42 Å². The number of hydrogen-bond donors (Lipinski definition) is 1. The fraction of sp³-hybridized carbons (Fsp3) is 0.533. The fourth-order valence-electron chi connectivity index (χ4n) is 3.36. The van der Waals surface area contributed by atoms with E-state index >= 15 is 0 Å². The van der Waals surface area contributed by atoms with Crippen molar-refractivity contribution < 1.29 is 27.2 Å². The van der Waals surface area contributed by atoms with E-state index in [1.165, 1.54) is 19.2 Å². The summed E-state index contributed by atoms with van der Waals surface area (Å²) in [7, 11) is -2.63. The number of esters is 1. The van der Waals surface area contributed by atoms with Gasteiger partial charge in [-0.25, -0.2) is 0 Å². The van der Waals surface area contributed by atoms with E-state index in [0.717, 1.165) is 5.56 Å². The lowest BCUT2D eigenvalue weighted by Crippen LogP contribution is -2.25. The maximum atomic E-state index is 12.3. The van der Waals surface area contributed by atoms with Gasteiger partial charge in [0.15, 0.2) is 0 Å². The number of carbonyl (C=O) groups excluding carboxylic acids is 1. The van der Waals surface area contributed by atoms with Gasteiger partial charge in [-0.1, -0.05) is 17.7 Å². The lowest BCUT2D eigenvalue weighted by molar-refractivity contribution is -0.144. The van der Waals surface area contributed by atoms with Crippen LogP contribution in [-0.2, 0) is 23.8 Å². The molecule has 5 atom stereocenters. The predicted octanol–water partition coefficient (Wildman–Crippen LogP) is 0.869. The Kier molecular flexibility index (Phi) is 3.74. The zero-order valence-electron chi connectivity index (χ0n) is 12.3. The number of aliphatic hydroxyl groups excluding tert-OH is 1. The van der Waals surface area contributed by atoms with Crippen molar-refractivity contribution in [3.63, 3.8) is 0 Å². The minimum absolute atomic E-state index is 0.0753. The first-order valence-corrected chi connectivity index (χ1v) is 8.52. The van der Waals surface area contributed by atoms with E-state index in [4.69, 9.17) is 4.18 Å². The van der Waals surface area contributed by atoms with Gasteiger partial charge in [-0.15, -0.1) is 0 Å². The number of methoxy groups -OCH3 is 1. The van der Waals surface area contributed by atoms with Crippen LogP contribution in [0.1, 0.15) is 12.0 Å². The van der Waals surface area contributed by atoms with Crippen molar-refractivity contribution >= 4 is 16.1 Å². The highest BCUT2D eigenvalue weighted by Gasteiger charge is 2.67. The zero-order valence-corrected chi connectivity index (χ0v) is 13.1. The second kappa shape index (κ2) is 5.33. The van der Waals surface area contributed by atoms with Crippen molar-refractivity contribution in [2.75, 3.05) is 7.11 Å². The van der Waals surface area contributed by atoms with Gasteiger partial charge in [0.05, 0.1) is 30.1 Å². The number of ether oxygens (including phenoxy) is 1. The number of hydrogen-bond acceptors (Lipinski definition) is 6. The Bertz CT molecular complexity index is 680. The summed E-state index contributed by atoms with van der Waals surface area (Å²) >= 11 is 0. The van der Waals surface area contributed by atoms with Crippen molar-refractivity contribution in [3.8, 4) is 0 Å². The summed E-state index contributed by atoms with van der Waals surface area (Å²) in [5.74, 6) is -1.43. The number of fused-ring (bicyclic) bond motifs is 1. The normalized spacial score (nSPS) is 33.3. The van der Waals surface area contributed by atoms with E-state index in [1.54, 1.807) is 12.1 Å². The van der Waals surface area contributed by atoms with Gasteiger partial charge in [-0.05, 0) is 19.1 Å². The summed E-state index contributed by atoms with van der Waals surface area (Å²) in [5, 5.41) is 9.95. The third kappa shape index (κ3) is 2.53. The first-order valence-electron chi connectivity index (χ1n) is 7.11. The highest BCUT2D eigenvalue weighted by atomic mass is 32.2. The van der Waals surface area contributed by atoms with Gasteiger partial charge >= 0.3 is 5.97 Å². The Balaban J connectivity index is 1.76. The van der Waals surface area contributed by atoms with E-state index < -0.39 is 34.2 Å². The Hall–Kier alpha value is -1.44. The molecule has 0 aromatic heterocycles. The van der Waals surface area contributed by atoms with E-state index in [0.29, 0.717) is 0 Å². The summed E-state index contributed by atoms with van der Waals surface area (Å²) < 4.78 is 34.6. The molecular formula is C15H18O6S. The molecule has 2 aliphatic rings. The smallest absolute Gasteiger partial charge is 0.309 e. The minimum Gasteiger partial charge on any atom is -0.469 e. The molecule has 0 unspecified atom stereocenters. The summed E-state index contributed by atoms with van der Waals surface area (Å²) in [6, 6.07) is 6.35. The van der Waals surface area contributed by atoms with Crippen molar-refractivity contribution in [3.05, 3.63) is 29.8 Å². The van der Waals surface area contributed by atoms with Gasteiger partial charge in [0, 0.05) is 18.3 Å². The molecule has 6 nitrogen and oxygen atoms in total. The molecule has 1 aromatic carbocycles. The monoisotopic (exact) mass is 326 g/mol. The molecule has 0 aliphatic heterocycles. The lowest BCUT2D eigenvalue weighted by atomic mass is 10.1. The molecule has 0 heterocycles. The van der Waals surface area contributed by atoms with Gasteiger partial charge < -0.3 is 9.84 Å². The average Bonchev–Trinajstić information content (AvgIpc) is 3.14. The first-order chi connectivity index (χ1) is 10.3. The summed E-state index contributed by atoms with van der Waals surface area (Å²) in [5.41, 5.74) is 0.947. The first kappa shape index (κ1) is 15.5. The van der Waals surface area contributed by atoms with Crippen molar-refractivity contribution in [2.45, 2.75) is 30.4 Å². The topological polar surface area (TPSA) is 89.9 Å². The maximum absolute atomic E-state index is 12.3. The quantitative estimate of drug-likeness (QED) is 0.652. The van der Waals surface area contributed by atoms with Crippen LogP contribution in [0.5, 0.6) is 0 Å². The second-order valence-corrected chi connectivity index (χ2v) is 7.48. The van der Waals surface area contributed by atoms with Gasteiger partial charge in [0.25, 0.3) is 10.1 Å². The lowest BCUT2D eigenvalue weighted by Gasteiger charge is -2.16. The molecule has 0 spiro atoms. The van der Waals surface area contributed by atoms with E-state index in [2.05, 4.69) is 4.74 Å². The zero-order chi connectivity index (χ0) is 16.1. The van der Waals surface area contributed by atoms with E-state index in [9.17, 15) is 18.3 Å². The highest BCUT2D eigenvalue weighted by Crippen LogP contribution is 2.59. The third-order valence-electron chi connectivity index (χ3n) is 4.51. The molecule has 1 aromatic rings. The molecule has 0 bridgehead atoms. The highest BCUT2D eigenvalue weighted by molar-refractivity contribution is 7.86. The summed E-state index contributed by atoms with van der Waals surface area (Å²) in [6.45, 7) is 1.86. The fourth-order valence-corrected chi connectivity index (χ4v) is 4.48. The third-order valence-corrected chi connectivity index (χ3v) is 5.86. The molecule has 0 saturated heterocycles. The number of rotatable bonds is 4. The van der Waals surface area contributed by atoms with Crippen molar-refractivity contribution in [2.24, 2.45) is 17.8 Å². The standard InChI is InChI=1S/C15H18O6S/c1-8-3-5-9(6-4-8)22(18,19)21-11-7-10(16)12-13(11)14(12)15(17)20-2/h3-6,10-14,16H,7H2,1-2H3/t10-,11-,12+,13-,14-/m1/s1. The van der Waals surface area contributed by atoms with Crippen LogP contribution < -0.4 is 0 Å². The predicted molar refractivity (Wildman–Crippen MR) is 76.3 cm³/mol. The number of aliphatic hydroxyl groups is 1. The molecule has 2 fully saturated rings. The van der Waals surface area contributed by atoms with Crippen LogP contribution in [0.4, 0.5) is 0 Å². The molecule has 2 aliphatic carbocycles. The number of carbonyl (C=O) groups is 1. The SMILES string of the molecule is COC(=O)[C@@H]1[C@@H]2[C@H]1[C@H](OS(=O)(=O)c1ccc(C)cc1)C[C@H]2O. The molecule has 7 heteroatoms. The van der Waals surface area contributed by atoms with E-state index in [1.807, 2.05) is 6.92 Å².